The molecule has 1 saturated carbocycles. The van der Waals surface area contributed by atoms with Crippen molar-refractivity contribution in [3.05, 3.63) is 27.7 Å². The lowest BCUT2D eigenvalue weighted by Gasteiger charge is -2.14. The molecule has 21 heavy (non-hydrogen) atoms. The highest BCUT2D eigenvalue weighted by Crippen LogP contribution is 2.31. The van der Waals surface area contributed by atoms with Crippen LogP contribution in [0.25, 0.3) is 0 Å². The van der Waals surface area contributed by atoms with Gasteiger partial charge in [0.25, 0.3) is 0 Å². The summed E-state index contributed by atoms with van der Waals surface area (Å²) >= 11 is 11.9. The number of hydrogen-bond acceptors (Lipinski definition) is 3. The van der Waals surface area contributed by atoms with Gasteiger partial charge in [-0.05, 0) is 25.0 Å². The molecule has 2 rings (SSSR count). The van der Waals surface area contributed by atoms with Crippen LogP contribution >= 0.6 is 23.2 Å². The van der Waals surface area contributed by atoms with Crippen LogP contribution in [0.4, 0.5) is 5.69 Å². The predicted molar refractivity (Wildman–Crippen MR) is 81.8 cm³/mol. The fourth-order valence-corrected chi connectivity index (χ4v) is 2.15. The minimum absolute atomic E-state index is 0.00408. The van der Waals surface area contributed by atoms with E-state index in [9.17, 15) is 4.79 Å². The first-order chi connectivity index (χ1) is 9.86. The van der Waals surface area contributed by atoms with Gasteiger partial charge in [0.1, 0.15) is 0 Å². The van der Waals surface area contributed by atoms with E-state index in [-0.39, 0.29) is 33.2 Å². The van der Waals surface area contributed by atoms with Gasteiger partial charge in [0.15, 0.2) is 11.9 Å². The average molecular weight is 330 g/mol. The first-order valence-corrected chi connectivity index (χ1v) is 6.82. The van der Waals surface area contributed by atoms with Crippen molar-refractivity contribution < 1.29 is 9.90 Å². The smallest absolute Gasteiger partial charge is 0.335 e. The fraction of sp³-hybridized carbons (Fsp3) is 0.250. The fourth-order valence-electron chi connectivity index (χ4n) is 1.57. The molecular formula is C12H13Cl2N5O2. The van der Waals surface area contributed by atoms with Gasteiger partial charge in [0.05, 0.1) is 21.3 Å². The summed E-state index contributed by atoms with van der Waals surface area (Å²) in [5.74, 6) is -1.33. The Labute approximate surface area is 130 Å². The number of carboxylic acid groups (broad SMARTS) is 1. The average Bonchev–Trinajstić information content (AvgIpc) is 3.16. The van der Waals surface area contributed by atoms with Gasteiger partial charge >= 0.3 is 5.97 Å². The van der Waals surface area contributed by atoms with Crippen molar-refractivity contribution >= 4 is 46.8 Å². The molecule has 1 aromatic carbocycles. The van der Waals surface area contributed by atoms with Crippen molar-refractivity contribution in [1.29, 1.82) is 10.8 Å². The summed E-state index contributed by atoms with van der Waals surface area (Å²) in [5, 5.41) is 32.3. The van der Waals surface area contributed by atoms with E-state index in [0.29, 0.717) is 6.04 Å². The summed E-state index contributed by atoms with van der Waals surface area (Å²) in [7, 11) is 0. The van der Waals surface area contributed by atoms with Crippen LogP contribution in [0.15, 0.2) is 12.1 Å². The first-order valence-electron chi connectivity index (χ1n) is 6.07. The summed E-state index contributed by atoms with van der Waals surface area (Å²) in [4.78, 5) is 10.9. The highest BCUT2D eigenvalue weighted by molar-refractivity contribution is 6.40. The number of anilines is 1. The van der Waals surface area contributed by atoms with E-state index in [1.807, 2.05) is 0 Å². The minimum Gasteiger partial charge on any atom is -0.478 e. The Morgan fingerprint density at radius 2 is 1.76 bits per heavy atom. The SMILES string of the molecule is N=C(NC(=N)NC1CC1)Nc1c(Cl)cc(C(=O)O)cc1Cl. The monoisotopic (exact) mass is 329 g/mol. The number of halogens is 2. The maximum atomic E-state index is 10.9. The summed E-state index contributed by atoms with van der Waals surface area (Å²) < 4.78 is 0. The first kappa shape index (κ1) is 15.4. The lowest BCUT2D eigenvalue weighted by Crippen LogP contribution is -2.43. The van der Waals surface area contributed by atoms with Crippen LogP contribution in [0.5, 0.6) is 0 Å². The van der Waals surface area contributed by atoms with Gasteiger partial charge < -0.3 is 15.7 Å². The van der Waals surface area contributed by atoms with E-state index >= 15 is 0 Å². The third-order valence-electron chi connectivity index (χ3n) is 2.71. The van der Waals surface area contributed by atoms with Gasteiger partial charge in [-0.3, -0.25) is 16.1 Å². The number of carbonyl (C=O) groups is 1. The Balaban J connectivity index is 2.02. The van der Waals surface area contributed by atoms with Crippen molar-refractivity contribution in [1.82, 2.24) is 10.6 Å². The minimum atomic E-state index is -1.14. The standard InChI is InChI=1S/C12H13Cl2N5O2/c13-7-3-5(10(20)21)4-8(14)9(7)18-12(16)19-11(15)17-6-1-2-6/h3-4,6H,1-2H2,(H,20,21)(H5,15,16,17,18,19). The quantitative estimate of drug-likeness (QED) is 0.375. The van der Waals surface area contributed by atoms with Crippen LogP contribution in [0.3, 0.4) is 0 Å². The largest absolute Gasteiger partial charge is 0.478 e. The zero-order valence-electron chi connectivity index (χ0n) is 10.8. The molecule has 112 valence electrons. The second-order valence-corrected chi connectivity index (χ2v) is 5.35. The van der Waals surface area contributed by atoms with Gasteiger partial charge in [0, 0.05) is 6.04 Å². The van der Waals surface area contributed by atoms with Crippen LogP contribution in [0.2, 0.25) is 10.0 Å². The number of hydrogen-bond donors (Lipinski definition) is 6. The van der Waals surface area contributed by atoms with E-state index in [4.69, 9.17) is 39.1 Å². The Bertz CT molecular complexity index is 593. The molecule has 1 aliphatic carbocycles. The van der Waals surface area contributed by atoms with E-state index in [1.54, 1.807) is 0 Å². The normalized spacial score (nSPS) is 13.4. The zero-order chi connectivity index (χ0) is 15.6. The van der Waals surface area contributed by atoms with Gasteiger partial charge in [0.2, 0.25) is 0 Å². The summed E-state index contributed by atoms with van der Waals surface area (Å²) in [5.41, 5.74) is 0.165. The number of guanidine groups is 2. The number of aromatic carboxylic acids is 1. The van der Waals surface area contributed by atoms with Crippen LogP contribution in [-0.2, 0) is 0 Å². The second-order valence-electron chi connectivity index (χ2n) is 4.54. The van der Waals surface area contributed by atoms with E-state index in [1.165, 1.54) is 12.1 Å². The number of benzene rings is 1. The molecule has 7 nitrogen and oxygen atoms in total. The summed E-state index contributed by atoms with van der Waals surface area (Å²) in [6, 6.07) is 2.76. The van der Waals surface area contributed by atoms with Gasteiger partial charge in [-0.15, -0.1) is 0 Å². The van der Waals surface area contributed by atoms with Crippen molar-refractivity contribution in [3.8, 4) is 0 Å². The predicted octanol–water partition coefficient (Wildman–Crippen LogP) is 2.31. The maximum Gasteiger partial charge on any atom is 0.335 e. The molecule has 0 radical (unpaired) electrons. The lowest BCUT2D eigenvalue weighted by molar-refractivity contribution is 0.0697. The molecular weight excluding hydrogens is 317 g/mol. The third kappa shape index (κ3) is 4.24. The van der Waals surface area contributed by atoms with Crippen LogP contribution < -0.4 is 16.0 Å². The lowest BCUT2D eigenvalue weighted by atomic mass is 10.2. The molecule has 0 unspecified atom stereocenters. The number of rotatable bonds is 3. The summed E-state index contributed by atoms with van der Waals surface area (Å²) in [6.45, 7) is 0. The molecule has 0 aromatic heterocycles. The second kappa shape index (κ2) is 6.19. The van der Waals surface area contributed by atoms with Crippen molar-refractivity contribution in [2.75, 3.05) is 5.32 Å². The third-order valence-corrected chi connectivity index (χ3v) is 3.31. The summed E-state index contributed by atoms with van der Waals surface area (Å²) in [6.07, 6.45) is 2.03. The van der Waals surface area contributed by atoms with E-state index in [2.05, 4.69) is 16.0 Å². The molecule has 0 heterocycles. The molecule has 6 N–H and O–H groups in total. The Hall–Kier alpha value is -1.99. The van der Waals surface area contributed by atoms with E-state index < -0.39 is 5.97 Å². The topological polar surface area (TPSA) is 121 Å². The molecule has 1 fully saturated rings. The Morgan fingerprint density at radius 1 is 1.19 bits per heavy atom. The Kier molecular flexibility index (Phi) is 4.54. The number of nitrogens with one attached hydrogen (secondary N) is 5. The van der Waals surface area contributed by atoms with Gasteiger partial charge in [-0.25, -0.2) is 4.79 Å². The molecule has 9 heteroatoms. The molecule has 0 atom stereocenters. The number of carboxylic acids is 1. The molecule has 0 bridgehead atoms. The van der Waals surface area contributed by atoms with Crippen LogP contribution in [0.1, 0.15) is 23.2 Å². The molecule has 0 spiro atoms. The van der Waals surface area contributed by atoms with Crippen LogP contribution in [-0.4, -0.2) is 29.0 Å². The van der Waals surface area contributed by atoms with Crippen molar-refractivity contribution in [2.45, 2.75) is 18.9 Å². The van der Waals surface area contributed by atoms with Crippen LogP contribution in [0, 0.1) is 10.8 Å². The molecule has 1 aliphatic rings. The highest BCUT2D eigenvalue weighted by Gasteiger charge is 2.22. The van der Waals surface area contributed by atoms with Crippen molar-refractivity contribution in [3.63, 3.8) is 0 Å². The molecule has 0 aliphatic heterocycles. The molecule has 1 aromatic rings. The molecule has 0 saturated heterocycles. The van der Waals surface area contributed by atoms with Crippen molar-refractivity contribution in [2.24, 2.45) is 0 Å². The van der Waals surface area contributed by atoms with E-state index in [0.717, 1.165) is 12.8 Å². The molecule has 0 amide bonds. The Morgan fingerprint density at radius 3 is 2.24 bits per heavy atom. The maximum absolute atomic E-state index is 10.9. The van der Waals surface area contributed by atoms with Gasteiger partial charge in [-0.2, -0.15) is 0 Å². The highest BCUT2D eigenvalue weighted by atomic mass is 35.5. The zero-order valence-corrected chi connectivity index (χ0v) is 12.3. The van der Waals surface area contributed by atoms with Gasteiger partial charge in [-0.1, -0.05) is 23.2 Å².